The van der Waals surface area contributed by atoms with Crippen molar-refractivity contribution in [1.82, 2.24) is 54.5 Å². The SMILES string of the molecule is CC(C)(C)OC(=O)N1CCC(COc2cnc(Cl)c(F)c2)CC1.CC(C)(C)OC(=O)N1CCC(COc2cnc(N3CCCCC3)c(F)c2)CC1.CC1(OC(=O)N2CCC(COc3cnc(N4CCCCC4=O)c(F)n3)CC2)CC1.CC1(OC(=O)N2CCC(COc3cnc(N4CCCCC4=O)c(F)n3)CC2)CC1.CS(=O)(=O)OCC1CCCCC1.Oc1cnc(Cl)c(F)c1. The number of rotatable bonds is 20. The van der Waals surface area contributed by atoms with Gasteiger partial charge in [-0.3, -0.25) is 23.6 Å². The normalized spacial score (nSPS) is 19.3. The number of anilines is 3. The molecule has 0 spiro atoms. The van der Waals surface area contributed by atoms with Gasteiger partial charge in [-0.2, -0.15) is 27.2 Å². The van der Waals surface area contributed by atoms with Crippen molar-refractivity contribution in [3.8, 4) is 29.0 Å². The van der Waals surface area contributed by atoms with Gasteiger partial charge in [-0.25, -0.2) is 57.3 Å². The number of hydrogen-bond donors (Lipinski definition) is 1. The summed E-state index contributed by atoms with van der Waals surface area (Å²) in [7, 11) is -3.22. The Hall–Kier alpha value is -9.43. The lowest BCUT2D eigenvalue weighted by Gasteiger charge is -2.33. The fourth-order valence-electron chi connectivity index (χ4n) is 15.3. The maximum atomic E-state index is 14.4. The summed E-state index contributed by atoms with van der Waals surface area (Å²) in [5.74, 6) is -0.638. The zero-order valence-electron chi connectivity index (χ0n) is 76.1. The van der Waals surface area contributed by atoms with Gasteiger partial charge in [0.05, 0.1) is 70.3 Å². The van der Waals surface area contributed by atoms with E-state index in [1.54, 1.807) is 25.8 Å². The number of likely N-dealkylation sites (tertiary alicyclic amines) is 4. The van der Waals surface area contributed by atoms with Crippen LogP contribution in [0.5, 0.6) is 29.0 Å². The number of pyridine rings is 3. The maximum absolute atomic E-state index is 14.4. The molecule has 40 heteroatoms. The number of aromatic nitrogens is 7. The number of carbonyl (C=O) groups excluding carboxylic acids is 6. The molecule has 3 aliphatic carbocycles. The summed E-state index contributed by atoms with van der Waals surface area (Å²) in [6, 6.07) is 3.56. The molecule has 5 aromatic heterocycles. The van der Waals surface area contributed by atoms with E-state index in [0.29, 0.717) is 146 Å². The standard InChI is InChI=1S/C21H32FN3O3.2C20H27FN4O4.C16H22ClFN2O3.C8H16O3S.C5H3ClFNO/c1-21(2,3)28-20(26)25-11-7-16(8-12-25)15-27-17-13-18(22)19(23-14-17)24-9-5-4-6-10-24;2*1-20(7-8-20)29-19(27)24-10-5-14(6-11-24)13-28-15-12-22-18(17(21)23-15)25-9-3-2-4-16(25)26;1-16(2,3)23-15(21)20-6-4-11(5-7-20)10-22-12-8-13(18)14(17)19-9-12;1-12(9,10)11-7-8-5-3-2-4-6-8;6-5-4(7)1-3(9)2-8-5/h13-14,16H,4-12,15H2,1-3H3;2*12,14H,2-11,13H2,1H3;8-9,11H,4-7,10H2,1-3H3;8H,2-7H2,1H3;1-2,9H. The fourth-order valence-corrected chi connectivity index (χ4v) is 15.9. The lowest BCUT2D eigenvalue weighted by atomic mass is 9.90. The Morgan fingerprint density at radius 3 is 1.13 bits per heavy atom. The number of ether oxygens (including phenoxy) is 8. The van der Waals surface area contributed by atoms with Crippen molar-refractivity contribution in [1.29, 1.82) is 0 Å². The zero-order chi connectivity index (χ0) is 93.9. The number of hydrogen-bond acceptors (Lipinski definition) is 26. The van der Waals surface area contributed by atoms with Crippen molar-refractivity contribution in [3.05, 3.63) is 88.8 Å². The minimum atomic E-state index is -3.22. The van der Waals surface area contributed by atoms with Gasteiger partial charge in [-0.1, -0.05) is 42.5 Å². The topological polar surface area (TPSA) is 353 Å². The Bertz CT molecular complexity index is 4520. The molecule has 1 N–H and O–H groups in total. The molecule has 130 heavy (non-hydrogen) atoms. The predicted octanol–water partition coefficient (Wildman–Crippen LogP) is 17.1. The third-order valence-electron chi connectivity index (χ3n) is 23.5. The van der Waals surface area contributed by atoms with Gasteiger partial charge in [0.25, 0.3) is 22.0 Å². The number of carbonyl (C=O) groups is 6. The second-order valence-electron chi connectivity index (χ2n) is 37.1. The molecule has 7 saturated heterocycles. The Morgan fingerprint density at radius 2 is 0.777 bits per heavy atom. The second kappa shape index (κ2) is 48.3. The number of piperidine rings is 7. The third-order valence-corrected chi connectivity index (χ3v) is 24.7. The highest BCUT2D eigenvalue weighted by Crippen LogP contribution is 2.41. The average molecular weight is 1890 g/mol. The molecule has 7 aliphatic heterocycles. The van der Waals surface area contributed by atoms with Crippen molar-refractivity contribution in [3.63, 3.8) is 0 Å². The molecule has 0 radical (unpaired) electrons. The average Bonchev–Trinajstić information content (AvgIpc) is 1.64. The van der Waals surface area contributed by atoms with Crippen LogP contribution in [0, 0.1) is 58.9 Å². The van der Waals surface area contributed by atoms with Gasteiger partial charge in [0.15, 0.2) is 45.2 Å². The van der Waals surface area contributed by atoms with Crippen molar-refractivity contribution in [2.75, 3.05) is 133 Å². The molecule has 10 aliphatic rings. The van der Waals surface area contributed by atoms with Gasteiger partial charge in [0, 0.05) is 110 Å². The monoisotopic (exact) mass is 1890 g/mol. The van der Waals surface area contributed by atoms with Crippen LogP contribution in [0.2, 0.25) is 10.3 Å². The molecule has 0 atom stereocenters. The number of amides is 6. The van der Waals surface area contributed by atoms with E-state index in [-0.39, 0.29) is 104 Å². The van der Waals surface area contributed by atoms with Crippen molar-refractivity contribution in [2.24, 2.45) is 29.6 Å². The van der Waals surface area contributed by atoms with E-state index in [9.17, 15) is 59.1 Å². The summed E-state index contributed by atoms with van der Waals surface area (Å²) in [5.41, 5.74) is -1.48. The number of halogens is 7. The Kier molecular flexibility index (Phi) is 38.1. The first-order valence-corrected chi connectivity index (χ1v) is 47.9. The van der Waals surface area contributed by atoms with Crippen LogP contribution in [-0.2, 0) is 42.8 Å². The minimum absolute atomic E-state index is 0.0294. The molecular formula is C90H127Cl2F5N14O18S. The van der Waals surface area contributed by atoms with Gasteiger partial charge < -0.3 is 67.5 Å². The summed E-state index contributed by atoms with van der Waals surface area (Å²) in [6.07, 6.45) is 30.6. The Morgan fingerprint density at radius 1 is 0.431 bits per heavy atom. The Labute approximate surface area is 768 Å². The predicted molar refractivity (Wildman–Crippen MR) is 474 cm³/mol. The summed E-state index contributed by atoms with van der Waals surface area (Å²) >= 11 is 10.7. The minimum Gasteiger partial charge on any atom is -0.506 e. The Balaban J connectivity index is 0.000000168. The van der Waals surface area contributed by atoms with Gasteiger partial charge in [0.2, 0.25) is 23.6 Å². The molecule has 10 fully saturated rings. The first-order valence-electron chi connectivity index (χ1n) is 45.4. The smallest absolute Gasteiger partial charge is 0.410 e. The highest BCUT2D eigenvalue weighted by Gasteiger charge is 2.45. The van der Waals surface area contributed by atoms with Gasteiger partial charge >= 0.3 is 24.4 Å². The third kappa shape index (κ3) is 34.6. The van der Waals surface area contributed by atoms with Crippen LogP contribution >= 0.6 is 23.2 Å². The van der Waals surface area contributed by atoms with Crippen LogP contribution in [0.1, 0.15) is 222 Å². The van der Waals surface area contributed by atoms with Crippen LogP contribution in [0.15, 0.2) is 49.2 Å². The van der Waals surface area contributed by atoms with Gasteiger partial charge in [-0.05, 0) is 220 Å². The molecule has 5 aromatic rings. The van der Waals surface area contributed by atoms with Gasteiger partial charge in [-0.15, -0.1) is 0 Å². The molecule has 6 amide bonds. The lowest BCUT2D eigenvalue weighted by molar-refractivity contribution is -0.120. The van der Waals surface area contributed by atoms with Crippen molar-refractivity contribution in [2.45, 2.75) is 245 Å². The molecule has 15 rings (SSSR count). The maximum Gasteiger partial charge on any atom is 0.410 e. The molecule has 720 valence electrons. The van der Waals surface area contributed by atoms with E-state index < -0.39 is 44.9 Å². The van der Waals surface area contributed by atoms with E-state index in [1.807, 2.05) is 60.3 Å². The quantitative estimate of drug-likeness (QED) is 0.0327. The first-order chi connectivity index (χ1) is 61.7. The van der Waals surface area contributed by atoms with E-state index in [0.717, 1.165) is 160 Å². The molecule has 0 aromatic carbocycles. The van der Waals surface area contributed by atoms with Crippen LogP contribution in [0.25, 0.3) is 0 Å². The molecule has 0 unspecified atom stereocenters. The molecule has 3 saturated carbocycles. The highest BCUT2D eigenvalue weighted by atomic mass is 35.5. The first kappa shape index (κ1) is 103. The van der Waals surface area contributed by atoms with Crippen molar-refractivity contribution >= 4 is 87.0 Å². The molecule has 32 nitrogen and oxygen atoms in total. The van der Waals surface area contributed by atoms with Crippen LogP contribution in [0.4, 0.5) is 58.6 Å². The number of aromatic hydroxyl groups is 1. The van der Waals surface area contributed by atoms with E-state index >= 15 is 0 Å². The summed E-state index contributed by atoms with van der Waals surface area (Å²) in [5, 5.41) is 8.18. The second-order valence-corrected chi connectivity index (χ2v) is 39.5. The molecular weight excluding hydrogens is 1760 g/mol. The molecule has 0 bridgehead atoms. The van der Waals surface area contributed by atoms with Gasteiger partial charge in [0.1, 0.15) is 39.7 Å². The largest absolute Gasteiger partial charge is 0.506 e. The van der Waals surface area contributed by atoms with Crippen molar-refractivity contribution < 1.29 is 106 Å². The highest BCUT2D eigenvalue weighted by molar-refractivity contribution is 7.86. The van der Waals surface area contributed by atoms with E-state index in [2.05, 4.69) is 34.9 Å². The van der Waals surface area contributed by atoms with E-state index in [1.165, 1.54) is 66.2 Å². The summed E-state index contributed by atoms with van der Waals surface area (Å²) in [4.78, 5) is 111. The summed E-state index contributed by atoms with van der Waals surface area (Å²) < 4.78 is 139. The number of nitrogens with zero attached hydrogens (tertiary/aromatic N) is 14. The molecule has 12 heterocycles. The fraction of sp³-hybridized carbons (Fsp3) is 0.678. The summed E-state index contributed by atoms with van der Waals surface area (Å²) in [6.45, 7) is 24.9. The van der Waals surface area contributed by atoms with Crippen LogP contribution < -0.4 is 33.6 Å². The van der Waals surface area contributed by atoms with E-state index in [4.69, 9.17) is 70.4 Å². The lowest BCUT2D eigenvalue weighted by Crippen LogP contribution is -2.42. The zero-order valence-corrected chi connectivity index (χ0v) is 78.4. The van der Waals surface area contributed by atoms with Crippen LogP contribution in [0.3, 0.4) is 0 Å². The van der Waals surface area contributed by atoms with Crippen LogP contribution in [-0.4, -0.2) is 244 Å².